The molecule has 2 aromatic rings. The van der Waals surface area contributed by atoms with Gasteiger partial charge in [-0.25, -0.2) is 9.59 Å². The fourth-order valence-corrected chi connectivity index (χ4v) is 2.41. The number of anilines is 1. The Kier molecular flexibility index (Phi) is 5.89. The number of hydrazone groups is 1. The fourth-order valence-electron chi connectivity index (χ4n) is 2.28. The molecule has 0 aliphatic carbocycles. The number of imide groups is 1. The maximum absolute atomic E-state index is 12.8. The van der Waals surface area contributed by atoms with E-state index in [2.05, 4.69) is 15.6 Å². The predicted molar refractivity (Wildman–Crippen MR) is 108 cm³/mol. The lowest BCUT2D eigenvalue weighted by molar-refractivity contribution is -0.120. The van der Waals surface area contributed by atoms with E-state index in [9.17, 15) is 14.4 Å². The van der Waals surface area contributed by atoms with Crippen molar-refractivity contribution in [2.24, 2.45) is 10.3 Å². The van der Waals surface area contributed by atoms with Crippen LogP contribution in [0.5, 0.6) is 0 Å². The molecule has 0 bridgehead atoms. The highest BCUT2D eigenvalue weighted by Crippen LogP contribution is 2.18. The molecule has 4 amide bonds. The second kappa shape index (κ2) is 8.53. The Morgan fingerprint density at radius 2 is 1.76 bits per heavy atom. The van der Waals surface area contributed by atoms with Crippen LogP contribution in [0.4, 0.5) is 15.3 Å². The molecule has 0 atom stereocenters. The van der Waals surface area contributed by atoms with Gasteiger partial charge in [0.15, 0.2) is 5.71 Å². The zero-order valence-corrected chi connectivity index (χ0v) is 16.3. The number of benzene rings is 2. The lowest BCUT2D eigenvalue weighted by atomic mass is 10.1. The average molecular weight is 414 g/mol. The lowest BCUT2D eigenvalue weighted by Gasteiger charge is -2.11. The highest BCUT2D eigenvalue weighted by Gasteiger charge is 2.38. The number of halogens is 1. The van der Waals surface area contributed by atoms with Crippen LogP contribution in [-0.2, 0) is 9.63 Å². The van der Waals surface area contributed by atoms with E-state index in [-0.39, 0.29) is 11.4 Å². The summed E-state index contributed by atoms with van der Waals surface area (Å²) in [4.78, 5) is 42.9. The Labute approximate surface area is 171 Å². The molecule has 1 aliphatic rings. The monoisotopic (exact) mass is 413 g/mol. The molecule has 10 heteroatoms. The summed E-state index contributed by atoms with van der Waals surface area (Å²) in [6, 6.07) is 14.2. The molecule has 148 valence electrons. The number of hydrogen-bond donors (Lipinski definition) is 1. The number of amides is 4. The molecule has 0 spiro atoms. The van der Waals surface area contributed by atoms with Gasteiger partial charge in [0, 0.05) is 30.4 Å². The number of carbonyl (C=O) groups is 3. The quantitative estimate of drug-likeness (QED) is 0.616. The van der Waals surface area contributed by atoms with Gasteiger partial charge < -0.3 is 10.2 Å². The number of hydrogen-bond acceptors (Lipinski definition) is 6. The van der Waals surface area contributed by atoms with Crippen LogP contribution in [0.15, 0.2) is 64.9 Å². The van der Waals surface area contributed by atoms with Gasteiger partial charge in [0.25, 0.3) is 0 Å². The first-order valence-corrected chi connectivity index (χ1v) is 8.76. The number of carbonyl (C=O) groups excluding carboxylic acids is 3. The van der Waals surface area contributed by atoms with E-state index in [0.717, 1.165) is 4.90 Å². The van der Waals surface area contributed by atoms with Gasteiger partial charge in [-0.3, -0.25) is 9.63 Å². The molecule has 9 nitrogen and oxygen atoms in total. The SMILES string of the molecule is CN(C)C(=O)O/N=C1\C(=O)N(C(=O)Nc2ccc(Cl)cc2)N=C1c1ccccc1. The highest BCUT2D eigenvalue weighted by molar-refractivity contribution is 6.72. The molecule has 1 N–H and O–H groups in total. The molecule has 29 heavy (non-hydrogen) atoms. The molecule has 1 aliphatic heterocycles. The maximum Gasteiger partial charge on any atom is 0.435 e. The number of oxime groups is 1. The minimum atomic E-state index is -0.832. The Morgan fingerprint density at radius 1 is 1.10 bits per heavy atom. The molecule has 0 radical (unpaired) electrons. The van der Waals surface area contributed by atoms with Crippen molar-refractivity contribution in [2.45, 2.75) is 0 Å². The summed E-state index contributed by atoms with van der Waals surface area (Å²) in [6.45, 7) is 0. The minimum Gasteiger partial charge on any atom is -0.312 e. The number of nitrogens with one attached hydrogen (secondary N) is 1. The lowest BCUT2D eigenvalue weighted by Crippen LogP contribution is -2.36. The Hall–Kier alpha value is -3.72. The zero-order valence-electron chi connectivity index (χ0n) is 15.5. The summed E-state index contributed by atoms with van der Waals surface area (Å²) < 4.78 is 0. The van der Waals surface area contributed by atoms with Crippen molar-refractivity contribution < 1.29 is 19.2 Å². The molecule has 0 saturated carbocycles. The first-order valence-electron chi connectivity index (χ1n) is 8.38. The molecule has 3 rings (SSSR count). The average Bonchev–Trinajstić information content (AvgIpc) is 3.05. The highest BCUT2D eigenvalue weighted by atomic mass is 35.5. The second-order valence-electron chi connectivity index (χ2n) is 6.06. The van der Waals surface area contributed by atoms with Crippen LogP contribution in [0, 0.1) is 0 Å². The van der Waals surface area contributed by atoms with E-state index < -0.39 is 18.0 Å². The number of nitrogens with zero attached hydrogens (tertiary/aromatic N) is 4. The van der Waals surface area contributed by atoms with Gasteiger partial charge in [-0.2, -0.15) is 5.10 Å². The standard InChI is InChI=1S/C19H16ClN5O4/c1-24(2)19(28)29-23-16-15(12-6-4-3-5-7-12)22-25(17(16)26)18(27)21-14-10-8-13(20)9-11-14/h3-11H,1-2H3,(H,21,27)/b23-16-. The largest absolute Gasteiger partial charge is 0.435 e. The maximum atomic E-state index is 12.8. The summed E-state index contributed by atoms with van der Waals surface area (Å²) >= 11 is 5.83. The number of urea groups is 1. The molecule has 0 saturated heterocycles. The number of rotatable bonds is 3. The third kappa shape index (κ3) is 4.58. The van der Waals surface area contributed by atoms with Crippen LogP contribution in [0.1, 0.15) is 5.56 Å². The van der Waals surface area contributed by atoms with Crippen molar-refractivity contribution in [3.05, 3.63) is 65.2 Å². The topological polar surface area (TPSA) is 104 Å². The molecule has 2 aromatic carbocycles. The van der Waals surface area contributed by atoms with Gasteiger partial charge in [0.2, 0.25) is 0 Å². The van der Waals surface area contributed by atoms with Crippen molar-refractivity contribution in [1.29, 1.82) is 0 Å². The molecular weight excluding hydrogens is 398 g/mol. The van der Waals surface area contributed by atoms with Crippen LogP contribution >= 0.6 is 11.6 Å². The van der Waals surface area contributed by atoms with Gasteiger partial charge in [0.1, 0.15) is 5.71 Å². The first-order chi connectivity index (χ1) is 13.9. The van der Waals surface area contributed by atoms with Gasteiger partial charge in [0.05, 0.1) is 0 Å². The van der Waals surface area contributed by atoms with Gasteiger partial charge in [-0.15, -0.1) is 5.01 Å². The van der Waals surface area contributed by atoms with Crippen molar-refractivity contribution in [3.8, 4) is 0 Å². The van der Waals surface area contributed by atoms with Crippen LogP contribution < -0.4 is 5.32 Å². The normalized spacial score (nSPS) is 14.6. The Morgan fingerprint density at radius 3 is 2.38 bits per heavy atom. The van der Waals surface area contributed by atoms with Gasteiger partial charge in [-0.05, 0) is 24.3 Å². The molecule has 0 aromatic heterocycles. The van der Waals surface area contributed by atoms with Crippen LogP contribution in [-0.4, -0.2) is 53.5 Å². The predicted octanol–water partition coefficient (Wildman–Crippen LogP) is 3.17. The van der Waals surface area contributed by atoms with Gasteiger partial charge in [-0.1, -0.05) is 47.1 Å². The summed E-state index contributed by atoms with van der Waals surface area (Å²) in [6.07, 6.45) is -0.776. The third-order valence-electron chi connectivity index (χ3n) is 3.73. The van der Waals surface area contributed by atoms with Gasteiger partial charge >= 0.3 is 18.0 Å². The van der Waals surface area contributed by atoms with E-state index in [0.29, 0.717) is 21.3 Å². The molecule has 0 fully saturated rings. The van der Waals surface area contributed by atoms with E-state index in [1.54, 1.807) is 54.6 Å². The fraction of sp³-hybridized carbons (Fsp3) is 0.105. The minimum absolute atomic E-state index is 0.105. The van der Waals surface area contributed by atoms with E-state index in [4.69, 9.17) is 16.4 Å². The third-order valence-corrected chi connectivity index (χ3v) is 3.99. The molecule has 1 heterocycles. The smallest absolute Gasteiger partial charge is 0.312 e. The Balaban J connectivity index is 1.90. The summed E-state index contributed by atoms with van der Waals surface area (Å²) in [7, 11) is 2.94. The Bertz CT molecular complexity index is 1000. The van der Waals surface area contributed by atoms with Crippen molar-refractivity contribution in [2.75, 3.05) is 19.4 Å². The zero-order chi connectivity index (χ0) is 21.0. The van der Waals surface area contributed by atoms with E-state index in [1.165, 1.54) is 14.1 Å². The molecular formula is C19H16ClN5O4. The van der Waals surface area contributed by atoms with E-state index in [1.807, 2.05) is 0 Å². The summed E-state index contributed by atoms with van der Waals surface area (Å²) in [5.74, 6) is -0.832. The van der Waals surface area contributed by atoms with E-state index >= 15 is 0 Å². The summed E-state index contributed by atoms with van der Waals surface area (Å²) in [5.41, 5.74) is 0.793. The first kappa shape index (κ1) is 20.0. The summed E-state index contributed by atoms with van der Waals surface area (Å²) in [5, 5.41) is 11.4. The second-order valence-corrected chi connectivity index (χ2v) is 6.50. The van der Waals surface area contributed by atoms with Crippen LogP contribution in [0.2, 0.25) is 5.02 Å². The van der Waals surface area contributed by atoms with Crippen molar-refractivity contribution in [1.82, 2.24) is 9.91 Å². The van der Waals surface area contributed by atoms with Crippen molar-refractivity contribution >= 4 is 46.7 Å². The van der Waals surface area contributed by atoms with Crippen LogP contribution in [0.25, 0.3) is 0 Å². The molecule has 0 unspecified atom stereocenters. The van der Waals surface area contributed by atoms with Crippen LogP contribution in [0.3, 0.4) is 0 Å². The van der Waals surface area contributed by atoms with Crippen molar-refractivity contribution in [3.63, 3.8) is 0 Å².